The lowest BCUT2D eigenvalue weighted by atomic mass is 10.4. The summed E-state index contributed by atoms with van der Waals surface area (Å²) in [5, 5.41) is 9.85. The molecule has 25 heavy (non-hydrogen) atoms. The summed E-state index contributed by atoms with van der Waals surface area (Å²) < 4.78 is 35.0. The van der Waals surface area contributed by atoms with Crippen molar-refractivity contribution in [2.75, 3.05) is 13.2 Å². The molecule has 1 aromatic carbocycles. The summed E-state index contributed by atoms with van der Waals surface area (Å²) in [5.41, 5.74) is 0. The molecule has 2 rings (SSSR count). The second-order valence-corrected chi connectivity index (χ2v) is 7.59. The molecule has 0 aliphatic heterocycles. The Kier molecular flexibility index (Phi) is 6.65. The third-order valence-electron chi connectivity index (χ3n) is 3.13. The van der Waals surface area contributed by atoms with Gasteiger partial charge in [0.1, 0.15) is 5.75 Å². The maximum Gasteiger partial charge on any atom is 0.308 e. The molecule has 0 spiro atoms. The van der Waals surface area contributed by atoms with Gasteiger partial charge in [0.2, 0.25) is 5.89 Å². The van der Waals surface area contributed by atoms with Gasteiger partial charge in [-0.3, -0.25) is 4.79 Å². The SMILES string of the molecule is CC(C)OCCCNC(=O)c1nnc(CS(=O)(=O)c2ccccc2)o1. The quantitative estimate of drug-likeness (QED) is 0.670. The smallest absolute Gasteiger partial charge is 0.308 e. The number of benzene rings is 1. The van der Waals surface area contributed by atoms with E-state index in [1.54, 1.807) is 18.2 Å². The maximum absolute atomic E-state index is 12.2. The molecule has 0 aliphatic carbocycles. The number of ether oxygens (including phenoxy) is 1. The van der Waals surface area contributed by atoms with Crippen molar-refractivity contribution in [3.63, 3.8) is 0 Å². The van der Waals surface area contributed by atoms with Crippen LogP contribution < -0.4 is 5.32 Å². The summed E-state index contributed by atoms with van der Waals surface area (Å²) in [6.45, 7) is 4.79. The zero-order chi connectivity index (χ0) is 18.3. The van der Waals surface area contributed by atoms with Crippen LogP contribution in [0.4, 0.5) is 0 Å². The lowest BCUT2D eigenvalue weighted by molar-refractivity contribution is 0.0752. The van der Waals surface area contributed by atoms with Crippen LogP contribution in [0.15, 0.2) is 39.6 Å². The van der Waals surface area contributed by atoms with E-state index < -0.39 is 21.5 Å². The first kappa shape index (κ1) is 19.1. The molecule has 1 amide bonds. The Morgan fingerprint density at radius 2 is 1.96 bits per heavy atom. The lowest BCUT2D eigenvalue weighted by Crippen LogP contribution is -2.25. The van der Waals surface area contributed by atoms with Crippen LogP contribution in [0.25, 0.3) is 0 Å². The van der Waals surface area contributed by atoms with E-state index in [1.165, 1.54) is 12.1 Å². The van der Waals surface area contributed by atoms with Gasteiger partial charge in [-0.15, -0.1) is 10.2 Å². The number of aromatic nitrogens is 2. The van der Waals surface area contributed by atoms with E-state index in [1.807, 2.05) is 13.8 Å². The predicted octanol–water partition coefficient (Wildman–Crippen LogP) is 1.59. The monoisotopic (exact) mass is 367 g/mol. The molecule has 1 N–H and O–H groups in total. The standard InChI is InChI=1S/C16H21N3O5S/c1-12(2)23-10-6-9-17-15(20)16-19-18-14(24-16)11-25(21,22)13-7-4-3-5-8-13/h3-5,7-8,12H,6,9-11H2,1-2H3,(H,17,20). The number of hydrogen-bond donors (Lipinski definition) is 1. The van der Waals surface area contributed by atoms with Crippen molar-refractivity contribution >= 4 is 15.7 Å². The zero-order valence-corrected chi connectivity index (χ0v) is 15.0. The first-order valence-electron chi connectivity index (χ1n) is 7.88. The van der Waals surface area contributed by atoms with E-state index in [-0.39, 0.29) is 22.8 Å². The number of nitrogens with one attached hydrogen (secondary N) is 1. The Balaban J connectivity index is 1.88. The van der Waals surface area contributed by atoms with Gasteiger partial charge in [0.05, 0.1) is 11.0 Å². The molecule has 0 fully saturated rings. The van der Waals surface area contributed by atoms with Crippen LogP contribution in [0.3, 0.4) is 0 Å². The summed E-state index contributed by atoms with van der Waals surface area (Å²) in [5.74, 6) is -1.39. The fourth-order valence-electron chi connectivity index (χ4n) is 1.95. The Bertz CT molecular complexity index is 787. The molecule has 0 aliphatic rings. The third-order valence-corrected chi connectivity index (χ3v) is 4.75. The average Bonchev–Trinajstić information content (AvgIpc) is 3.03. The molecule has 136 valence electrons. The number of carbonyl (C=O) groups is 1. The first-order valence-corrected chi connectivity index (χ1v) is 9.53. The second kappa shape index (κ2) is 8.72. The molecule has 8 nitrogen and oxygen atoms in total. The molecule has 1 aromatic heterocycles. The van der Waals surface area contributed by atoms with Gasteiger partial charge in [-0.2, -0.15) is 0 Å². The minimum Gasteiger partial charge on any atom is -0.416 e. The molecule has 1 heterocycles. The van der Waals surface area contributed by atoms with Crippen molar-refractivity contribution in [2.45, 2.75) is 37.0 Å². The van der Waals surface area contributed by atoms with Gasteiger partial charge in [0, 0.05) is 13.2 Å². The van der Waals surface area contributed by atoms with Crippen molar-refractivity contribution in [3.8, 4) is 0 Å². The summed E-state index contributed by atoms with van der Waals surface area (Å²) in [6, 6.07) is 7.95. The van der Waals surface area contributed by atoms with Crippen LogP contribution in [0.1, 0.15) is 36.8 Å². The second-order valence-electron chi connectivity index (χ2n) is 5.60. The summed E-state index contributed by atoms with van der Waals surface area (Å²) >= 11 is 0. The van der Waals surface area contributed by atoms with Gasteiger partial charge in [-0.25, -0.2) is 8.42 Å². The molecular weight excluding hydrogens is 346 g/mol. The molecule has 0 bridgehead atoms. The molecule has 0 atom stereocenters. The van der Waals surface area contributed by atoms with E-state index in [0.29, 0.717) is 19.6 Å². The highest BCUT2D eigenvalue weighted by molar-refractivity contribution is 7.90. The molecule has 0 unspecified atom stereocenters. The maximum atomic E-state index is 12.2. The Morgan fingerprint density at radius 3 is 2.64 bits per heavy atom. The van der Waals surface area contributed by atoms with Crippen LogP contribution in [-0.4, -0.2) is 43.8 Å². The highest BCUT2D eigenvalue weighted by Crippen LogP contribution is 2.15. The predicted molar refractivity (Wildman–Crippen MR) is 89.7 cm³/mol. The highest BCUT2D eigenvalue weighted by Gasteiger charge is 2.21. The first-order chi connectivity index (χ1) is 11.9. The lowest BCUT2D eigenvalue weighted by Gasteiger charge is -2.07. The summed E-state index contributed by atoms with van der Waals surface area (Å²) in [4.78, 5) is 12.0. The van der Waals surface area contributed by atoms with Crippen LogP contribution in [-0.2, 0) is 20.3 Å². The number of sulfone groups is 1. The largest absolute Gasteiger partial charge is 0.416 e. The molecule has 9 heteroatoms. The average molecular weight is 367 g/mol. The van der Waals surface area contributed by atoms with Gasteiger partial charge in [-0.05, 0) is 32.4 Å². The van der Waals surface area contributed by atoms with Crippen molar-refractivity contribution in [1.29, 1.82) is 0 Å². The van der Waals surface area contributed by atoms with E-state index in [2.05, 4.69) is 15.5 Å². The zero-order valence-electron chi connectivity index (χ0n) is 14.1. The van der Waals surface area contributed by atoms with Gasteiger partial charge < -0.3 is 14.5 Å². The van der Waals surface area contributed by atoms with Gasteiger partial charge in [0.15, 0.2) is 9.84 Å². The van der Waals surface area contributed by atoms with Crippen molar-refractivity contribution in [3.05, 3.63) is 42.1 Å². The Hall–Kier alpha value is -2.26. The van der Waals surface area contributed by atoms with Crippen LogP contribution in [0.5, 0.6) is 0 Å². The minimum absolute atomic E-state index is 0.128. The normalized spacial score (nSPS) is 11.6. The Morgan fingerprint density at radius 1 is 1.24 bits per heavy atom. The van der Waals surface area contributed by atoms with Crippen molar-refractivity contribution < 1.29 is 22.4 Å². The molecule has 0 saturated carbocycles. The highest BCUT2D eigenvalue weighted by atomic mass is 32.2. The fraction of sp³-hybridized carbons (Fsp3) is 0.438. The molecule has 0 radical (unpaired) electrons. The molecule has 2 aromatic rings. The fourth-order valence-corrected chi connectivity index (χ4v) is 3.13. The van der Waals surface area contributed by atoms with Gasteiger partial charge in [0.25, 0.3) is 0 Å². The van der Waals surface area contributed by atoms with Crippen LogP contribution in [0, 0.1) is 0 Å². The number of rotatable bonds is 9. The number of hydrogen-bond acceptors (Lipinski definition) is 7. The number of nitrogens with zero attached hydrogens (tertiary/aromatic N) is 2. The van der Waals surface area contributed by atoms with Crippen molar-refractivity contribution in [2.24, 2.45) is 0 Å². The third kappa shape index (κ3) is 5.95. The van der Waals surface area contributed by atoms with Crippen LogP contribution in [0.2, 0.25) is 0 Å². The van der Waals surface area contributed by atoms with Gasteiger partial charge >= 0.3 is 11.8 Å². The topological polar surface area (TPSA) is 111 Å². The number of amides is 1. The number of carbonyl (C=O) groups excluding carboxylic acids is 1. The molecule has 0 saturated heterocycles. The van der Waals surface area contributed by atoms with Gasteiger partial charge in [-0.1, -0.05) is 18.2 Å². The van der Waals surface area contributed by atoms with E-state index in [9.17, 15) is 13.2 Å². The van der Waals surface area contributed by atoms with E-state index in [4.69, 9.17) is 9.15 Å². The van der Waals surface area contributed by atoms with E-state index in [0.717, 1.165) is 0 Å². The van der Waals surface area contributed by atoms with E-state index >= 15 is 0 Å². The van der Waals surface area contributed by atoms with Crippen LogP contribution >= 0.6 is 0 Å². The minimum atomic E-state index is -3.60. The molecular formula is C16H21N3O5S. The summed E-state index contributed by atoms with van der Waals surface area (Å²) in [6.07, 6.45) is 0.786. The van der Waals surface area contributed by atoms with Crippen molar-refractivity contribution in [1.82, 2.24) is 15.5 Å². The Labute approximate surface area is 146 Å². The summed E-state index contributed by atoms with van der Waals surface area (Å²) in [7, 11) is -3.60.